The van der Waals surface area contributed by atoms with Crippen LogP contribution in [0.15, 0.2) is 18.2 Å². The fourth-order valence-electron chi connectivity index (χ4n) is 2.57. The average molecular weight is 314 g/mol. The second-order valence-corrected chi connectivity index (χ2v) is 6.15. The van der Waals surface area contributed by atoms with Crippen molar-refractivity contribution in [3.05, 3.63) is 29.6 Å². The summed E-state index contributed by atoms with van der Waals surface area (Å²) in [5, 5.41) is 2.85. The Morgan fingerprint density at radius 3 is 2.81 bits per heavy atom. The first-order valence-electron chi connectivity index (χ1n) is 7.27. The number of benzene rings is 1. The van der Waals surface area contributed by atoms with Crippen LogP contribution in [-0.4, -0.2) is 24.4 Å². The number of amides is 1. The van der Waals surface area contributed by atoms with E-state index in [9.17, 15) is 9.18 Å². The van der Waals surface area contributed by atoms with Crippen LogP contribution in [0.4, 0.5) is 4.39 Å². The molecule has 3 nitrogen and oxygen atoms in total. The zero-order chi connectivity index (χ0) is 15.4. The van der Waals surface area contributed by atoms with E-state index in [4.69, 9.17) is 16.3 Å². The molecule has 1 saturated carbocycles. The number of hydrogen-bond donors (Lipinski definition) is 1. The third-order valence-corrected chi connectivity index (χ3v) is 4.04. The van der Waals surface area contributed by atoms with Crippen LogP contribution in [0.25, 0.3) is 0 Å². The zero-order valence-corrected chi connectivity index (χ0v) is 13.1. The summed E-state index contributed by atoms with van der Waals surface area (Å²) in [7, 11) is 0. The fourth-order valence-corrected chi connectivity index (χ4v) is 2.65. The Bertz CT molecular complexity index is 501. The quantitative estimate of drug-likeness (QED) is 0.817. The number of rotatable bonds is 6. The van der Waals surface area contributed by atoms with Gasteiger partial charge in [0.25, 0.3) is 0 Å². The molecule has 5 heteroatoms. The number of alkyl halides is 1. The molecule has 1 aliphatic carbocycles. The van der Waals surface area contributed by atoms with E-state index in [1.54, 1.807) is 6.07 Å². The van der Waals surface area contributed by atoms with Gasteiger partial charge in [-0.1, -0.05) is 19.9 Å². The summed E-state index contributed by atoms with van der Waals surface area (Å²) in [6.07, 6.45) is 1.77. The van der Waals surface area contributed by atoms with Crippen molar-refractivity contribution in [2.24, 2.45) is 5.92 Å². The topological polar surface area (TPSA) is 38.3 Å². The first kappa shape index (κ1) is 16.1. The Morgan fingerprint density at radius 1 is 1.48 bits per heavy atom. The zero-order valence-electron chi connectivity index (χ0n) is 12.4. The molecule has 0 unspecified atom stereocenters. The highest BCUT2D eigenvalue weighted by atomic mass is 35.5. The average Bonchev–Trinajstić information content (AvgIpc) is 2.40. The number of nitrogens with one attached hydrogen (secondary N) is 1. The number of carbonyl (C=O) groups excluding carboxylic acids is 1. The molecule has 116 valence electrons. The molecular formula is C16H21ClFNO2. The van der Waals surface area contributed by atoms with Gasteiger partial charge in [-0.2, -0.15) is 0 Å². The van der Waals surface area contributed by atoms with Crippen molar-refractivity contribution in [1.29, 1.82) is 0 Å². The number of hydrogen-bond acceptors (Lipinski definition) is 2. The van der Waals surface area contributed by atoms with Crippen molar-refractivity contribution in [2.45, 2.75) is 38.6 Å². The van der Waals surface area contributed by atoms with Gasteiger partial charge in [-0.25, -0.2) is 4.39 Å². The second kappa shape index (κ2) is 7.12. The summed E-state index contributed by atoms with van der Waals surface area (Å²) in [4.78, 5) is 11.1. The van der Waals surface area contributed by atoms with Crippen molar-refractivity contribution in [1.82, 2.24) is 5.32 Å². The van der Waals surface area contributed by atoms with Gasteiger partial charge in [0.2, 0.25) is 5.91 Å². The number of carbonyl (C=O) groups is 1. The minimum Gasteiger partial charge on any atom is -0.493 e. The lowest BCUT2D eigenvalue weighted by Crippen LogP contribution is -2.46. The summed E-state index contributed by atoms with van der Waals surface area (Å²) in [6.45, 7) is 4.67. The van der Waals surface area contributed by atoms with Gasteiger partial charge < -0.3 is 10.1 Å². The lowest BCUT2D eigenvalue weighted by Gasteiger charge is -2.35. The summed E-state index contributed by atoms with van der Waals surface area (Å²) in [5.74, 6) is 0.895. The van der Waals surface area contributed by atoms with Crippen molar-refractivity contribution in [3.63, 3.8) is 0 Å². The lowest BCUT2D eigenvalue weighted by molar-refractivity contribution is -0.120. The molecule has 1 aromatic rings. The molecular weight excluding hydrogens is 293 g/mol. The van der Waals surface area contributed by atoms with Crippen LogP contribution in [0.3, 0.4) is 0 Å². The molecule has 2 rings (SSSR count). The highest BCUT2D eigenvalue weighted by Gasteiger charge is 2.30. The van der Waals surface area contributed by atoms with Gasteiger partial charge >= 0.3 is 0 Å². The standard InChI is InChI=1S/C16H21ClFNO2/c1-10(2)14-4-3-12(18)7-15(14)21-9-11-5-13(6-11)19-16(20)8-17/h3-4,7,10-11,13H,5-6,8-9H2,1-2H3,(H,19,20). The first-order valence-corrected chi connectivity index (χ1v) is 7.80. The molecule has 0 radical (unpaired) electrons. The minimum absolute atomic E-state index is 0.00128. The van der Waals surface area contributed by atoms with Crippen LogP contribution >= 0.6 is 11.6 Å². The predicted molar refractivity (Wildman–Crippen MR) is 81.4 cm³/mol. The van der Waals surface area contributed by atoms with E-state index in [1.807, 2.05) is 0 Å². The van der Waals surface area contributed by atoms with Crippen LogP contribution in [0, 0.1) is 11.7 Å². The van der Waals surface area contributed by atoms with E-state index >= 15 is 0 Å². The highest BCUT2D eigenvalue weighted by Crippen LogP contribution is 2.31. The number of ether oxygens (including phenoxy) is 1. The Kier molecular flexibility index (Phi) is 5.45. The van der Waals surface area contributed by atoms with Gasteiger partial charge in [0.05, 0.1) is 6.61 Å². The maximum Gasteiger partial charge on any atom is 0.235 e. The summed E-state index contributed by atoms with van der Waals surface area (Å²) in [5.41, 5.74) is 1.02. The Balaban J connectivity index is 1.82. The minimum atomic E-state index is -0.282. The van der Waals surface area contributed by atoms with Crippen molar-refractivity contribution >= 4 is 17.5 Å². The van der Waals surface area contributed by atoms with Gasteiger partial charge in [-0.15, -0.1) is 11.6 Å². The van der Waals surface area contributed by atoms with Gasteiger partial charge in [-0.05, 0) is 36.3 Å². The largest absolute Gasteiger partial charge is 0.493 e. The fraction of sp³-hybridized carbons (Fsp3) is 0.562. The van der Waals surface area contributed by atoms with E-state index in [-0.39, 0.29) is 29.6 Å². The van der Waals surface area contributed by atoms with Crippen molar-refractivity contribution in [3.8, 4) is 5.75 Å². The molecule has 1 amide bonds. The Labute approximate surface area is 129 Å². The van der Waals surface area contributed by atoms with Gasteiger partial charge in [-0.3, -0.25) is 4.79 Å². The molecule has 0 saturated heterocycles. The van der Waals surface area contributed by atoms with E-state index in [0.29, 0.717) is 18.3 Å². The normalized spacial score (nSPS) is 21.0. The number of halogens is 2. The monoisotopic (exact) mass is 313 g/mol. The third-order valence-electron chi connectivity index (χ3n) is 3.79. The smallest absolute Gasteiger partial charge is 0.235 e. The van der Waals surface area contributed by atoms with Crippen LogP contribution < -0.4 is 10.1 Å². The van der Waals surface area contributed by atoms with Gasteiger partial charge in [0.15, 0.2) is 0 Å². The molecule has 1 aromatic carbocycles. The molecule has 0 heterocycles. The SMILES string of the molecule is CC(C)c1ccc(F)cc1OCC1CC(NC(=O)CCl)C1. The van der Waals surface area contributed by atoms with Crippen LogP contribution in [0.2, 0.25) is 0 Å². The van der Waals surface area contributed by atoms with Crippen molar-refractivity contribution in [2.75, 3.05) is 12.5 Å². The van der Waals surface area contributed by atoms with Crippen LogP contribution in [-0.2, 0) is 4.79 Å². The van der Waals surface area contributed by atoms with Gasteiger partial charge in [0.1, 0.15) is 17.4 Å². The van der Waals surface area contributed by atoms with Crippen LogP contribution in [0.1, 0.15) is 38.2 Å². The first-order chi connectivity index (χ1) is 9.99. The van der Waals surface area contributed by atoms with E-state index in [0.717, 1.165) is 18.4 Å². The predicted octanol–water partition coefficient (Wildman–Crippen LogP) is 3.46. The van der Waals surface area contributed by atoms with E-state index in [2.05, 4.69) is 19.2 Å². The third kappa shape index (κ3) is 4.34. The Morgan fingerprint density at radius 2 is 2.19 bits per heavy atom. The summed E-state index contributed by atoms with van der Waals surface area (Å²) in [6, 6.07) is 4.88. The molecule has 0 aromatic heterocycles. The maximum atomic E-state index is 13.3. The molecule has 0 bridgehead atoms. The van der Waals surface area contributed by atoms with Gasteiger partial charge in [0, 0.05) is 12.1 Å². The maximum absolute atomic E-state index is 13.3. The Hall–Kier alpha value is -1.29. The highest BCUT2D eigenvalue weighted by molar-refractivity contribution is 6.27. The van der Waals surface area contributed by atoms with E-state index < -0.39 is 0 Å². The molecule has 21 heavy (non-hydrogen) atoms. The van der Waals surface area contributed by atoms with E-state index in [1.165, 1.54) is 12.1 Å². The second-order valence-electron chi connectivity index (χ2n) is 5.88. The molecule has 0 spiro atoms. The lowest BCUT2D eigenvalue weighted by atomic mass is 9.81. The van der Waals surface area contributed by atoms with Crippen LogP contribution in [0.5, 0.6) is 5.75 Å². The molecule has 0 atom stereocenters. The molecule has 0 aliphatic heterocycles. The summed E-state index contributed by atoms with van der Waals surface area (Å²) < 4.78 is 19.1. The summed E-state index contributed by atoms with van der Waals surface area (Å²) >= 11 is 5.44. The molecule has 1 N–H and O–H groups in total. The molecule has 1 aliphatic rings. The van der Waals surface area contributed by atoms with Crippen molar-refractivity contribution < 1.29 is 13.9 Å². The molecule has 1 fully saturated rings.